The molecule has 10 aromatic rings. The van der Waals surface area contributed by atoms with Gasteiger partial charge in [0.1, 0.15) is 11.2 Å². The normalized spacial score (nSPS) is 14.1. The Morgan fingerprint density at radius 1 is 0.377 bits per heavy atom. The molecule has 12 rings (SSSR count). The molecular weight excluding hydrogens is 739 g/mol. The Labute approximate surface area is 357 Å². The van der Waals surface area contributed by atoms with Gasteiger partial charge in [-0.1, -0.05) is 184 Å². The molecule has 0 spiro atoms. The Morgan fingerprint density at radius 3 is 1.52 bits per heavy atom. The summed E-state index contributed by atoms with van der Waals surface area (Å²) in [6, 6.07) is 75.5. The number of para-hydroxylation sites is 1. The molecule has 0 bridgehead atoms. The lowest BCUT2D eigenvalue weighted by molar-refractivity contribution is 0.638. The highest BCUT2D eigenvalue weighted by Crippen LogP contribution is 2.56. The Kier molecular flexibility index (Phi) is 7.74. The second-order valence-electron chi connectivity index (χ2n) is 17.4. The fourth-order valence-corrected chi connectivity index (χ4v) is 10.7. The second kappa shape index (κ2) is 13.3. The van der Waals surface area contributed by atoms with E-state index in [1.54, 1.807) is 0 Å². The third-order valence-corrected chi connectivity index (χ3v) is 13.8. The van der Waals surface area contributed by atoms with Crippen molar-refractivity contribution in [3.05, 3.63) is 234 Å². The molecule has 0 radical (unpaired) electrons. The number of nitrogens with zero attached hydrogens (tertiary/aromatic N) is 1. The van der Waals surface area contributed by atoms with Crippen LogP contribution < -0.4 is 4.90 Å². The lowest BCUT2D eigenvalue weighted by atomic mass is 9.73. The van der Waals surface area contributed by atoms with E-state index in [1.807, 2.05) is 0 Å². The van der Waals surface area contributed by atoms with E-state index >= 15 is 0 Å². The molecular formula is C59H43NO. The first-order valence-corrected chi connectivity index (χ1v) is 21.3. The summed E-state index contributed by atoms with van der Waals surface area (Å²) >= 11 is 0. The zero-order valence-corrected chi connectivity index (χ0v) is 34.5. The summed E-state index contributed by atoms with van der Waals surface area (Å²) < 4.78 is 7.10. The van der Waals surface area contributed by atoms with Gasteiger partial charge >= 0.3 is 0 Å². The van der Waals surface area contributed by atoms with Crippen LogP contribution in [0.15, 0.2) is 211 Å². The molecule has 1 heterocycles. The Bertz CT molecular complexity index is 3290. The molecule has 0 atom stereocenters. The average molecular weight is 782 g/mol. The number of anilines is 3. The van der Waals surface area contributed by atoms with Gasteiger partial charge in [-0.3, -0.25) is 0 Å². The van der Waals surface area contributed by atoms with Crippen molar-refractivity contribution in [3.63, 3.8) is 0 Å². The summed E-state index contributed by atoms with van der Waals surface area (Å²) in [7, 11) is 0. The number of fused-ring (bicyclic) bond motifs is 9. The van der Waals surface area contributed by atoms with Gasteiger partial charge in [-0.25, -0.2) is 0 Å². The molecule has 0 fully saturated rings. The van der Waals surface area contributed by atoms with E-state index in [-0.39, 0.29) is 5.41 Å². The fourth-order valence-electron chi connectivity index (χ4n) is 10.7. The molecule has 61 heavy (non-hydrogen) atoms. The number of benzene rings is 9. The Morgan fingerprint density at radius 2 is 0.869 bits per heavy atom. The van der Waals surface area contributed by atoms with Crippen LogP contribution in [0.1, 0.15) is 48.6 Å². The standard InChI is InChI=1S/C59H43NO/c1-58(2)49-21-11-7-17-44(49)47-34-33-43(37-53(47)58)60(42-31-29-41(30-32-42)40-27-25-39(26-28-40)38-15-5-4-6-16-38)54-36-35-52(57-56(54)48-20-10-14-24-55(48)61-57)59(3)50-22-12-8-18-45(50)46-19-9-13-23-51(46)59/h4-37H,1-3H3. The molecule has 2 aliphatic rings. The molecule has 0 N–H and O–H groups in total. The van der Waals surface area contributed by atoms with Crippen LogP contribution in [0.4, 0.5) is 17.1 Å². The van der Waals surface area contributed by atoms with Crippen molar-refractivity contribution in [3.8, 4) is 44.5 Å². The zero-order chi connectivity index (χ0) is 40.9. The molecule has 2 heteroatoms. The van der Waals surface area contributed by atoms with Gasteiger partial charge in [-0.2, -0.15) is 0 Å². The molecule has 0 amide bonds. The van der Waals surface area contributed by atoms with Crippen LogP contribution in [0, 0.1) is 0 Å². The highest BCUT2D eigenvalue weighted by atomic mass is 16.3. The first kappa shape index (κ1) is 35.5. The number of rotatable bonds is 6. The Hall–Kier alpha value is -7.42. The Balaban J connectivity index is 1.07. The minimum absolute atomic E-state index is 0.150. The van der Waals surface area contributed by atoms with Crippen molar-refractivity contribution in [2.45, 2.75) is 31.6 Å². The molecule has 1 aromatic heterocycles. The third-order valence-electron chi connectivity index (χ3n) is 13.8. The van der Waals surface area contributed by atoms with Crippen LogP contribution in [-0.2, 0) is 10.8 Å². The highest BCUT2D eigenvalue weighted by molar-refractivity contribution is 6.15. The van der Waals surface area contributed by atoms with E-state index in [1.165, 1.54) is 72.3 Å². The van der Waals surface area contributed by atoms with Crippen LogP contribution in [0.25, 0.3) is 66.4 Å². The molecule has 2 nitrogen and oxygen atoms in total. The van der Waals surface area contributed by atoms with Gasteiger partial charge in [0, 0.05) is 33.2 Å². The van der Waals surface area contributed by atoms with Gasteiger partial charge in [-0.05, 0) is 110 Å². The van der Waals surface area contributed by atoms with E-state index in [0.717, 1.165) is 39.0 Å². The van der Waals surface area contributed by atoms with Crippen molar-refractivity contribution in [1.82, 2.24) is 0 Å². The van der Waals surface area contributed by atoms with Crippen LogP contribution in [-0.4, -0.2) is 0 Å². The molecule has 2 aliphatic carbocycles. The number of hydrogen-bond acceptors (Lipinski definition) is 2. The average Bonchev–Trinajstić information content (AvgIpc) is 3.91. The monoisotopic (exact) mass is 781 g/mol. The summed E-state index contributed by atoms with van der Waals surface area (Å²) in [6.45, 7) is 7.10. The SMILES string of the molecule is CC1(C)c2ccccc2-c2ccc(N(c3ccc(-c4ccc(-c5ccccc5)cc4)cc3)c3ccc(C4(C)c5ccccc5-c5ccccc54)c4oc5ccccc5c34)cc21. The van der Waals surface area contributed by atoms with E-state index in [2.05, 4.69) is 232 Å². The predicted molar refractivity (Wildman–Crippen MR) is 254 cm³/mol. The minimum Gasteiger partial charge on any atom is -0.456 e. The van der Waals surface area contributed by atoms with E-state index in [9.17, 15) is 0 Å². The van der Waals surface area contributed by atoms with Gasteiger partial charge in [0.25, 0.3) is 0 Å². The number of hydrogen-bond donors (Lipinski definition) is 0. The van der Waals surface area contributed by atoms with E-state index < -0.39 is 5.41 Å². The zero-order valence-electron chi connectivity index (χ0n) is 34.5. The summed E-state index contributed by atoms with van der Waals surface area (Å²) in [5.41, 5.74) is 21.0. The highest BCUT2D eigenvalue weighted by Gasteiger charge is 2.43. The molecule has 0 saturated heterocycles. The fraction of sp³-hybridized carbons (Fsp3) is 0.0847. The quantitative estimate of drug-likeness (QED) is 0.167. The minimum atomic E-state index is -0.427. The third kappa shape index (κ3) is 5.22. The van der Waals surface area contributed by atoms with Crippen LogP contribution in [0.2, 0.25) is 0 Å². The van der Waals surface area contributed by atoms with Crippen molar-refractivity contribution < 1.29 is 4.42 Å². The van der Waals surface area contributed by atoms with Crippen LogP contribution in [0.5, 0.6) is 0 Å². The van der Waals surface area contributed by atoms with Crippen LogP contribution >= 0.6 is 0 Å². The van der Waals surface area contributed by atoms with E-state index in [0.29, 0.717) is 0 Å². The van der Waals surface area contributed by atoms with Gasteiger partial charge in [0.15, 0.2) is 0 Å². The van der Waals surface area contributed by atoms with Gasteiger partial charge in [0.05, 0.1) is 11.1 Å². The maximum Gasteiger partial charge on any atom is 0.141 e. The largest absolute Gasteiger partial charge is 0.456 e. The maximum absolute atomic E-state index is 7.10. The maximum atomic E-state index is 7.10. The molecule has 290 valence electrons. The van der Waals surface area contributed by atoms with Crippen LogP contribution in [0.3, 0.4) is 0 Å². The predicted octanol–water partition coefficient (Wildman–Crippen LogP) is 16.0. The summed E-state index contributed by atoms with van der Waals surface area (Å²) in [4.78, 5) is 2.45. The second-order valence-corrected chi connectivity index (χ2v) is 17.4. The number of furan rings is 1. The van der Waals surface area contributed by atoms with E-state index in [4.69, 9.17) is 4.42 Å². The summed E-state index contributed by atoms with van der Waals surface area (Å²) in [6.07, 6.45) is 0. The van der Waals surface area contributed by atoms with Crippen molar-refractivity contribution in [1.29, 1.82) is 0 Å². The molecule has 9 aromatic carbocycles. The molecule has 0 aliphatic heterocycles. The van der Waals surface area contributed by atoms with Gasteiger partial charge < -0.3 is 9.32 Å². The lowest BCUT2D eigenvalue weighted by Gasteiger charge is -2.31. The first-order valence-electron chi connectivity index (χ1n) is 21.3. The summed E-state index contributed by atoms with van der Waals surface area (Å²) in [5, 5.41) is 2.21. The van der Waals surface area contributed by atoms with Gasteiger partial charge in [0.2, 0.25) is 0 Å². The van der Waals surface area contributed by atoms with Crippen molar-refractivity contribution in [2.24, 2.45) is 0 Å². The molecule has 0 unspecified atom stereocenters. The van der Waals surface area contributed by atoms with Crippen molar-refractivity contribution in [2.75, 3.05) is 4.90 Å². The first-order chi connectivity index (χ1) is 29.9. The molecule has 0 saturated carbocycles. The van der Waals surface area contributed by atoms with Crippen molar-refractivity contribution >= 4 is 39.0 Å². The van der Waals surface area contributed by atoms with Gasteiger partial charge in [-0.15, -0.1) is 0 Å². The summed E-state index contributed by atoms with van der Waals surface area (Å²) in [5.74, 6) is 0. The topological polar surface area (TPSA) is 16.4 Å². The smallest absolute Gasteiger partial charge is 0.141 e. The lowest BCUT2D eigenvalue weighted by Crippen LogP contribution is -2.23.